The van der Waals surface area contributed by atoms with Crippen molar-refractivity contribution in [3.63, 3.8) is 0 Å². The Hall–Kier alpha value is -1.10. The normalized spacial score (nSPS) is 17.9. The van der Waals surface area contributed by atoms with E-state index in [2.05, 4.69) is 10.6 Å². The third kappa shape index (κ3) is 3.70. The Kier molecular flexibility index (Phi) is 4.73. The van der Waals surface area contributed by atoms with Gasteiger partial charge in [0.25, 0.3) is 0 Å². The van der Waals surface area contributed by atoms with Gasteiger partial charge in [0.1, 0.15) is 0 Å². The molecule has 0 unspecified atom stereocenters. The fourth-order valence-electron chi connectivity index (χ4n) is 2.42. The lowest BCUT2D eigenvalue weighted by atomic mass is 9.66. The molecule has 0 aliphatic heterocycles. The summed E-state index contributed by atoms with van der Waals surface area (Å²) < 4.78 is 0. The molecule has 0 heterocycles. The molecular weight excluding hydrogens is 232 g/mol. The number of hydrogen-bond donors (Lipinski definition) is 3. The van der Waals surface area contributed by atoms with Crippen molar-refractivity contribution in [1.82, 2.24) is 10.6 Å². The van der Waals surface area contributed by atoms with Crippen LogP contribution in [-0.4, -0.2) is 35.6 Å². The first-order valence-electron chi connectivity index (χ1n) is 6.56. The predicted molar refractivity (Wildman–Crippen MR) is 69.3 cm³/mol. The second kappa shape index (κ2) is 5.69. The first-order valence-corrected chi connectivity index (χ1v) is 6.56. The zero-order valence-corrected chi connectivity index (χ0v) is 11.5. The van der Waals surface area contributed by atoms with E-state index in [1.54, 1.807) is 0 Å². The monoisotopic (exact) mass is 256 g/mol. The van der Waals surface area contributed by atoms with Crippen LogP contribution < -0.4 is 10.6 Å². The van der Waals surface area contributed by atoms with E-state index in [4.69, 9.17) is 5.11 Å². The summed E-state index contributed by atoms with van der Waals surface area (Å²) in [5, 5.41) is 14.9. The summed E-state index contributed by atoms with van der Waals surface area (Å²) in [5.41, 5.74) is -0.827. The third-order valence-electron chi connectivity index (χ3n) is 3.75. The second-order valence-corrected chi connectivity index (χ2v) is 5.76. The van der Waals surface area contributed by atoms with Crippen molar-refractivity contribution in [1.29, 1.82) is 0 Å². The molecule has 104 valence electrons. The Morgan fingerprint density at radius 1 is 1.33 bits per heavy atom. The van der Waals surface area contributed by atoms with E-state index in [-0.39, 0.29) is 17.7 Å². The van der Waals surface area contributed by atoms with Gasteiger partial charge < -0.3 is 15.7 Å². The summed E-state index contributed by atoms with van der Waals surface area (Å²) in [7, 11) is 0. The molecule has 18 heavy (non-hydrogen) atoms. The Morgan fingerprint density at radius 2 is 1.94 bits per heavy atom. The Balaban J connectivity index is 2.48. The highest BCUT2D eigenvalue weighted by Gasteiger charge is 2.40. The molecular formula is C13H24N2O3. The van der Waals surface area contributed by atoms with Gasteiger partial charge in [0.2, 0.25) is 5.91 Å². The van der Waals surface area contributed by atoms with Crippen LogP contribution in [0.5, 0.6) is 0 Å². The fourth-order valence-corrected chi connectivity index (χ4v) is 2.42. The van der Waals surface area contributed by atoms with Crippen molar-refractivity contribution in [3.05, 3.63) is 0 Å². The van der Waals surface area contributed by atoms with Gasteiger partial charge in [0.05, 0.1) is 12.0 Å². The van der Waals surface area contributed by atoms with Gasteiger partial charge in [-0.05, 0) is 38.6 Å². The highest BCUT2D eigenvalue weighted by atomic mass is 16.4. The second-order valence-electron chi connectivity index (χ2n) is 5.76. The van der Waals surface area contributed by atoms with Crippen molar-refractivity contribution < 1.29 is 14.7 Å². The number of nitrogens with one attached hydrogen (secondary N) is 2. The minimum atomic E-state index is -0.783. The lowest BCUT2D eigenvalue weighted by Crippen LogP contribution is -2.55. The van der Waals surface area contributed by atoms with Crippen LogP contribution in [0.2, 0.25) is 0 Å². The molecule has 0 atom stereocenters. The largest absolute Gasteiger partial charge is 0.481 e. The number of carbonyl (C=O) groups excluding carboxylic acids is 1. The van der Waals surface area contributed by atoms with Gasteiger partial charge in [0, 0.05) is 6.54 Å². The number of aliphatic carboxylic acids is 1. The maximum atomic E-state index is 12.0. The number of rotatable bonds is 7. The molecule has 3 N–H and O–H groups in total. The van der Waals surface area contributed by atoms with Gasteiger partial charge in [-0.25, -0.2) is 0 Å². The molecule has 0 aromatic rings. The highest BCUT2D eigenvalue weighted by Crippen LogP contribution is 2.43. The molecule has 1 amide bonds. The Bertz CT molecular complexity index is 322. The number of carboxylic acids is 1. The molecule has 0 radical (unpaired) electrons. The van der Waals surface area contributed by atoms with Crippen LogP contribution in [0.25, 0.3) is 0 Å². The molecule has 5 nitrogen and oxygen atoms in total. The zero-order valence-electron chi connectivity index (χ0n) is 11.5. The van der Waals surface area contributed by atoms with E-state index >= 15 is 0 Å². The molecule has 0 aromatic carbocycles. The molecule has 0 aromatic heterocycles. The maximum Gasteiger partial charge on any atom is 0.303 e. The zero-order chi connectivity index (χ0) is 13.8. The van der Waals surface area contributed by atoms with E-state index in [1.807, 2.05) is 20.8 Å². The fraction of sp³-hybridized carbons (Fsp3) is 0.846. The van der Waals surface area contributed by atoms with E-state index in [1.165, 1.54) is 0 Å². The van der Waals surface area contributed by atoms with E-state index in [9.17, 15) is 9.59 Å². The minimum Gasteiger partial charge on any atom is -0.481 e. The summed E-state index contributed by atoms with van der Waals surface area (Å²) in [6.45, 7) is 6.80. The van der Waals surface area contributed by atoms with Crippen molar-refractivity contribution in [2.75, 3.05) is 13.1 Å². The van der Waals surface area contributed by atoms with Crippen molar-refractivity contribution in [2.45, 2.75) is 52.0 Å². The number of carbonyl (C=O) groups is 2. The van der Waals surface area contributed by atoms with E-state index < -0.39 is 11.5 Å². The van der Waals surface area contributed by atoms with Crippen LogP contribution in [0.1, 0.15) is 46.5 Å². The maximum absolute atomic E-state index is 12.0. The minimum absolute atomic E-state index is 0.0685. The lowest BCUT2D eigenvalue weighted by molar-refractivity contribution is -0.142. The van der Waals surface area contributed by atoms with Crippen LogP contribution in [-0.2, 0) is 9.59 Å². The first kappa shape index (κ1) is 15.0. The average molecular weight is 256 g/mol. The summed E-state index contributed by atoms with van der Waals surface area (Å²) in [4.78, 5) is 22.8. The number of carboxylic acid groups (broad SMARTS) is 1. The van der Waals surface area contributed by atoms with Crippen molar-refractivity contribution >= 4 is 11.9 Å². The topological polar surface area (TPSA) is 78.4 Å². The van der Waals surface area contributed by atoms with Gasteiger partial charge >= 0.3 is 5.97 Å². The molecule has 1 fully saturated rings. The standard InChI is InChI=1S/C13H24N2O3/c1-4-15-12(2,3)11(18)14-9-13(6-5-7-13)8-10(16)17/h15H,4-9H2,1-3H3,(H,14,18)(H,16,17). The highest BCUT2D eigenvalue weighted by molar-refractivity contribution is 5.85. The summed E-state index contributed by atoms with van der Waals surface area (Å²) in [6, 6.07) is 0. The number of hydrogen-bond acceptors (Lipinski definition) is 3. The molecule has 0 bridgehead atoms. The molecule has 1 aliphatic carbocycles. The summed E-state index contributed by atoms with van der Waals surface area (Å²) in [6.07, 6.45) is 2.98. The summed E-state index contributed by atoms with van der Waals surface area (Å²) >= 11 is 0. The Labute approximate surface area is 108 Å². The van der Waals surface area contributed by atoms with Gasteiger partial charge in [-0.2, -0.15) is 0 Å². The molecule has 1 saturated carbocycles. The lowest BCUT2D eigenvalue weighted by Gasteiger charge is -2.41. The number of likely N-dealkylation sites (N-methyl/N-ethyl adjacent to an activating group) is 1. The van der Waals surface area contributed by atoms with E-state index in [0.717, 1.165) is 25.8 Å². The predicted octanol–water partition coefficient (Wildman–Crippen LogP) is 1.14. The van der Waals surface area contributed by atoms with Crippen LogP contribution in [0.3, 0.4) is 0 Å². The molecule has 0 saturated heterocycles. The quantitative estimate of drug-likeness (QED) is 0.638. The molecule has 5 heteroatoms. The molecule has 1 aliphatic rings. The third-order valence-corrected chi connectivity index (χ3v) is 3.75. The van der Waals surface area contributed by atoms with Crippen molar-refractivity contribution in [3.8, 4) is 0 Å². The van der Waals surface area contributed by atoms with E-state index in [0.29, 0.717) is 6.54 Å². The van der Waals surface area contributed by atoms with Crippen LogP contribution >= 0.6 is 0 Å². The smallest absolute Gasteiger partial charge is 0.303 e. The first-order chi connectivity index (χ1) is 8.31. The Morgan fingerprint density at radius 3 is 2.33 bits per heavy atom. The van der Waals surface area contributed by atoms with Crippen LogP contribution in [0, 0.1) is 5.41 Å². The van der Waals surface area contributed by atoms with Crippen LogP contribution in [0.4, 0.5) is 0 Å². The van der Waals surface area contributed by atoms with Crippen molar-refractivity contribution in [2.24, 2.45) is 5.41 Å². The molecule has 1 rings (SSSR count). The number of amides is 1. The summed E-state index contributed by atoms with van der Waals surface area (Å²) in [5.74, 6) is -0.851. The van der Waals surface area contributed by atoms with Gasteiger partial charge in [-0.1, -0.05) is 13.3 Å². The van der Waals surface area contributed by atoms with Gasteiger partial charge in [-0.3, -0.25) is 9.59 Å². The SMILES string of the molecule is CCNC(C)(C)C(=O)NCC1(CC(=O)O)CCC1. The average Bonchev–Trinajstić information content (AvgIpc) is 2.20. The molecule has 0 spiro atoms. The van der Waals surface area contributed by atoms with Gasteiger partial charge in [0.15, 0.2) is 0 Å². The van der Waals surface area contributed by atoms with Crippen LogP contribution in [0.15, 0.2) is 0 Å². The van der Waals surface area contributed by atoms with Gasteiger partial charge in [-0.15, -0.1) is 0 Å².